The summed E-state index contributed by atoms with van der Waals surface area (Å²) in [4.78, 5) is 0. The van der Waals surface area contributed by atoms with Crippen LogP contribution in [0.3, 0.4) is 0 Å². The van der Waals surface area contributed by atoms with Gasteiger partial charge in [0.25, 0.3) is 0 Å². The lowest BCUT2D eigenvalue weighted by atomic mass is 10.0. The Morgan fingerprint density at radius 2 is 1.30 bits per heavy atom. The summed E-state index contributed by atoms with van der Waals surface area (Å²) in [7, 11) is 0. The lowest BCUT2D eigenvalue weighted by Gasteiger charge is -2.01. The minimum absolute atomic E-state index is 0.254. The summed E-state index contributed by atoms with van der Waals surface area (Å²) in [5, 5.41) is 0. The molecule has 0 atom stereocenters. The molecular formula is C20H11F2I. The molecule has 0 spiro atoms. The Hall–Kier alpha value is -2.19. The molecule has 0 aromatic heterocycles. The third-order valence-corrected chi connectivity index (χ3v) is 4.01. The minimum Gasteiger partial charge on any atom is -0.207 e. The van der Waals surface area contributed by atoms with E-state index in [9.17, 15) is 8.78 Å². The second kappa shape index (κ2) is 6.93. The summed E-state index contributed by atoms with van der Waals surface area (Å²) in [6.07, 6.45) is 0. The Bertz CT molecular complexity index is 886. The average Bonchev–Trinajstić information content (AvgIpc) is 2.55. The quantitative estimate of drug-likeness (QED) is 0.356. The zero-order valence-corrected chi connectivity index (χ0v) is 14.1. The topological polar surface area (TPSA) is 0 Å². The first-order valence-electron chi connectivity index (χ1n) is 6.95. The zero-order chi connectivity index (χ0) is 16.2. The van der Waals surface area contributed by atoms with Crippen molar-refractivity contribution in [2.75, 3.05) is 0 Å². The number of hydrogen-bond acceptors (Lipinski definition) is 0. The summed E-state index contributed by atoms with van der Waals surface area (Å²) >= 11 is 2.06. The van der Waals surface area contributed by atoms with Crippen LogP contribution in [0.25, 0.3) is 11.1 Å². The van der Waals surface area contributed by atoms with E-state index in [1.165, 1.54) is 18.2 Å². The fraction of sp³-hybridized carbons (Fsp3) is 0. The molecule has 3 aromatic rings. The van der Waals surface area contributed by atoms with Crippen molar-refractivity contribution in [2.45, 2.75) is 0 Å². The Morgan fingerprint density at radius 1 is 0.696 bits per heavy atom. The lowest BCUT2D eigenvalue weighted by Crippen LogP contribution is -1.85. The first kappa shape index (κ1) is 15.7. The van der Waals surface area contributed by atoms with E-state index in [0.29, 0.717) is 5.56 Å². The Labute approximate surface area is 147 Å². The van der Waals surface area contributed by atoms with Crippen molar-refractivity contribution in [3.05, 3.63) is 93.1 Å². The Balaban J connectivity index is 1.83. The van der Waals surface area contributed by atoms with Crippen LogP contribution in [-0.2, 0) is 0 Å². The highest BCUT2D eigenvalue weighted by atomic mass is 127. The van der Waals surface area contributed by atoms with E-state index in [1.807, 2.05) is 30.3 Å². The molecule has 0 aliphatic rings. The molecular weight excluding hydrogens is 405 g/mol. The van der Waals surface area contributed by atoms with Crippen molar-refractivity contribution in [2.24, 2.45) is 0 Å². The van der Waals surface area contributed by atoms with Crippen molar-refractivity contribution < 1.29 is 8.78 Å². The van der Waals surface area contributed by atoms with Gasteiger partial charge in [-0.15, -0.1) is 0 Å². The molecule has 0 fully saturated rings. The number of benzene rings is 3. The summed E-state index contributed by atoms with van der Waals surface area (Å²) in [5.74, 6) is 5.24. The molecule has 0 heterocycles. The predicted octanol–water partition coefficient (Wildman–Crippen LogP) is 5.64. The number of halogens is 3. The molecule has 3 rings (SSSR count). The zero-order valence-electron chi connectivity index (χ0n) is 12.0. The largest absolute Gasteiger partial charge is 0.207 e. The minimum atomic E-state index is -0.313. The molecule has 112 valence electrons. The van der Waals surface area contributed by atoms with Crippen LogP contribution in [0.4, 0.5) is 8.78 Å². The normalized spacial score (nSPS) is 10.0. The van der Waals surface area contributed by atoms with Gasteiger partial charge in [0, 0.05) is 9.13 Å². The van der Waals surface area contributed by atoms with Gasteiger partial charge in [-0.05, 0) is 76.2 Å². The fourth-order valence-corrected chi connectivity index (χ4v) is 2.57. The van der Waals surface area contributed by atoms with E-state index in [-0.39, 0.29) is 11.6 Å². The second-order valence-electron chi connectivity index (χ2n) is 4.96. The van der Waals surface area contributed by atoms with Gasteiger partial charge in [-0.1, -0.05) is 36.1 Å². The highest BCUT2D eigenvalue weighted by Crippen LogP contribution is 2.20. The van der Waals surface area contributed by atoms with E-state index in [0.717, 1.165) is 20.3 Å². The van der Waals surface area contributed by atoms with Crippen LogP contribution in [-0.4, -0.2) is 0 Å². The molecule has 3 aromatic carbocycles. The number of rotatable bonds is 1. The van der Waals surface area contributed by atoms with Crippen LogP contribution in [0.1, 0.15) is 11.1 Å². The molecule has 0 bridgehead atoms. The van der Waals surface area contributed by atoms with Crippen LogP contribution in [0.5, 0.6) is 0 Å². The van der Waals surface area contributed by atoms with Gasteiger partial charge in [-0.2, -0.15) is 0 Å². The molecule has 0 nitrogen and oxygen atoms in total. The molecule has 0 saturated carbocycles. The van der Waals surface area contributed by atoms with E-state index in [4.69, 9.17) is 0 Å². The maximum atomic E-state index is 13.7. The van der Waals surface area contributed by atoms with E-state index in [1.54, 1.807) is 18.2 Å². The third-order valence-electron chi connectivity index (χ3n) is 3.34. The van der Waals surface area contributed by atoms with Crippen LogP contribution < -0.4 is 0 Å². The van der Waals surface area contributed by atoms with Crippen LogP contribution in [0.15, 0.2) is 66.7 Å². The standard InChI is InChI=1S/C20H11F2I/c21-18-10-7-16(8-11-18)15-4-1-14(2-5-15)3-6-17-9-12-19(23)13-20(17)22/h1-2,4-5,7-13H. The Morgan fingerprint density at radius 3 is 1.91 bits per heavy atom. The first-order valence-corrected chi connectivity index (χ1v) is 8.03. The highest BCUT2D eigenvalue weighted by molar-refractivity contribution is 14.1. The van der Waals surface area contributed by atoms with Crippen molar-refractivity contribution in [3.8, 4) is 23.0 Å². The van der Waals surface area contributed by atoms with Gasteiger partial charge in [-0.25, -0.2) is 8.78 Å². The summed E-state index contributed by atoms with van der Waals surface area (Å²) in [6.45, 7) is 0. The second-order valence-corrected chi connectivity index (χ2v) is 6.20. The molecule has 0 unspecified atom stereocenters. The van der Waals surface area contributed by atoms with Crippen molar-refractivity contribution in [1.29, 1.82) is 0 Å². The SMILES string of the molecule is Fc1ccc(-c2ccc(C#Cc3ccc(I)cc3F)cc2)cc1. The summed E-state index contributed by atoms with van der Waals surface area (Å²) < 4.78 is 27.5. The highest BCUT2D eigenvalue weighted by Gasteiger charge is 2.00. The van der Waals surface area contributed by atoms with E-state index >= 15 is 0 Å². The molecule has 0 saturated heterocycles. The van der Waals surface area contributed by atoms with Gasteiger partial charge in [0.05, 0.1) is 5.56 Å². The first-order chi connectivity index (χ1) is 11.1. The summed E-state index contributed by atoms with van der Waals surface area (Å²) in [5.41, 5.74) is 3.10. The monoisotopic (exact) mass is 416 g/mol. The maximum Gasteiger partial charge on any atom is 0.139 e. The molecule has 0 aliphatic carbocycles. The summed E-state index contributed by atoms with van der Waals surface area (Å²) in [6, 6.07) is 18.9. The average molecular weight is 416 g/mol. The fourth-order valence-electron chi connectivity index (χ4n) is 2.12. The van der Waals surface area contributed by atoms with Crippen molar-refractivity contribution in [3.63, 3.8) is 0 Å². The van der Waals surface area contributed by atoms with Crippen LogP contribution >= 0.6 is 22.6 Å². The third kappa shape index (κ3) is 3.96. The van der Waals surface area contributed by atoms with Gasteiger partial charge in [0.2, 0.25) is 0 Å². The van der Waals surface area contributed by atoms with Crippen LogP contribution in [0, 0.1) is 27.0 Å². The van der Waals surface area contributed by atoms with Crippen molar-refractivity contribution >= 4 is 22.6 Å². The van der Waals surface area contributed by atoms with Gasteiger partial charge in [-0.3, -0.25) is 0 Å². The van der Waals surface area contributed by atoms with E-state index in [2.05, 4.69) is 34.4 Å². The van der Waals surface area contributed by atoms with Gasteiger partial charge in [0.1, 0.15) is 11.6 Å². The van der Waals surface area contributed by atoms with E-state index < -0.39 is 0 Å². The molecule has 0 radical (unpaired) electrons. The van der Waals surface area contributed by atoms with Crippen molar-refractivity contribution in [1.82, 2.24) is 0 Å². The maximum absolute atomic E-state index is 13.7. The molecule has 0 aliphatic heterocycles. The van der Waals surface area contributed by atoms with Gasteiger partial charge >= 0.3 is 0 Å². The van der Waals surface area contributed by atoms with Gasteiger partial charge < -0.3 is 0 Å². The molecule has 0 N–H and O–H groups in total. The smallest absolute Gasteiger partial charge is 0.139 e. The molecule has 23 heavy (non-hydrogen) atoms. The molecule has 3 heteroatoms. The number of hydrogen-bond donors (Lipinski definition) is 0. The lowest BCUT2D eigenvalue weighted by molar-refractivity contribution is 0.623. The Kier molecular flexibility index (Phi) is 4.73. The predicted molar refractivity (Wildman–Crippen MR) is 96.9 cm³/mol. The molecule has 0 amide bonds. The van der Waals surface area contributed by atoms with Gasteiger partial charge in [0.15, 0.2) is 0 Å². The van der Waals surface area contributed by atoms with Crippen LogP contribution in [0.2, 0.25) is 0 Å².